The van der Waals surface area contributed by atoms with E-state index >= 15 is 0 Å². The number of ether oxygens (including phenoxy) is 1. The third-order valence-electron chi connectivity index (χ3n) is 4.18. The molecule has 0 saturated carbocycles. The standard InChI is InChI=1S/C20H20FNO3/c21-17-11-9-16(10-12-17)19(23)7-4-8-20(24)22-14-25-13-18(22)15-5-2-1-3-6-15/h1-3,5-6,9-13,19,23H,4,7-8,14H2/t19-/m0/s1. The number of benzene rings is 2. The third-order valence-corrected chi connectivity index (χ3v) is 4.18. The maximum Gasteiger partial charge on any atom is 0.229 e. The second-order valence-electron chi connectivity index (χ2n) is 5.95. The number of hydrogen-bond donors (Lipinski definition) is 1. The molecule has 1 heterocycles. The van der Waals surface area contributed by atoms with Crippen LogP contribution in [0.25, 0.3) is 5.70 Å². The number of halogens is 1. The fourth-order valence-corrected chi connectivity index (χ4v) is 2.80. The van der Waals surface area contributed by atoms with Gasteiger partial charge in [0.25, 0.3) is 0 Å². The molecule has 1 aliphatic heterocycles. The minimum atomic E-state index is -0.702. The molecule has 0 saturated heterocycles. The Morgan fingerprint density at radius 3 is 2.60 bits per heavy atom. The van der Waals surface area contributed by atoms with Gasteiger partial charge in [0.15, 0.2) is 6.73 Å². The van der Waals surface area contributed by atoms with Crippen molar-refractivity contribution in [1.29, 1.82) is 0 Å². The van der Waals surface area contributed by atoms with E-state index in [9.17, 15) is 14.3 Å². The Bertz CT molecular complexity index is 743. The van der Waals surface area contributed by atoms with Gasteiger partial charge in [-0.05, 0) is 30.5 Å². The Kier molecular flexibility index (Phi) is 5.46. The van der Waals surface area contributed by atoms with Crippen molar-refractivity contribution in [3.05, 3.63) is 77.8 Å². The van der Waals surface area contributed by atoms with Gasteiger partial charge in [0.1, 0.15) is 12.1 Å². The van der Waals surface area contributed by atoms with Gasteiger partial charge < -0.3 is 9.84 Å². The Hall–Kier alpha value is -2.66. The van der Waals surface area contributed by atoms with Crippen LogP contribution < -0.4 is 0 Å². The zero-order chi connectivity index (χ0) is 17.6. The maximum absolute atomic E-state index is 12.9. The summed E-state index contributed by atoms with van der Waals surface area (Å²) in [6, 6.07) is 15.4. The van der Waals surface area contributed by atoms with Crippen molar-refractivity contribution in [3.63, 3.8) is 0 Å². The smallest absolute Gasteiger partial charge is 0.229 e. The zero-order valence-corrected chi connectivity index (χ0v) is 13.8. The summed E-state index contributed by atoms with van der Waals surface area (Å²) in [5.74, 6) is -0.376. The second-order valence-corrected chi connectivity index (χ2v) is 5.95. The first-order valence-corrected chi connectivity index (χ1v) is 8.26. The third kappa shape index (κ3) is 4.25. The Morgan fingerprint density at radius 1 is 1.16 bits per heavy atom. The summed E-state index contributed by atoms with van der Waals surface area (Å²) in [7, 11) is 0. The van der Waals surface area contributed by atoms with Gasteiger partial charge in [-0.25, -0.2) is 4.39 Å². The van der Waals surface area contributed by atoms with E-state index in [2.05, 4.69) is 0 Å². The van der Waals surface area contributed by atoms with Crippen molar-refractivity contribution >= 4 is 11.6 Å². The summed E-state index contributed by atoms with van der Waals surface area (Å²) in [5.41, 5.74) is 2.34. The SMILES string of the molecule is O=C(CCC[C@H](O)c1ccc(F)cc1)N1COC=C1c1ccccc1. The van der Waals surface area contributed by atoms with Crippen LogP contribution in [0.15, 0.2) is 60.9 Å². The fourth-order valence-electron chi connectivity index (χ4n) is 2.80. The minimum Gasteiger partial charge on any atom is -0.478 e. The van der Waals surface area contributed by atoms with Crippen molar-refractivity contribution in [2.24, 2.45) is 0 Å². The van der Waals surface area contributed by atoms with Crippen LogP contribution in [0.3, 0.4) is 0 Å². The Morgan fingerprint density at radius 2 is 1.88 bits per heavy atom. The number of rotatable bonds is 6. The molecule has 130 valence electrons. The van der Waals surface area contributed by atoms with Gasteiger partial charge in [0, 0.05) is 12.0 Å². The molecule has 0 fully saturated rings. The number of aliphatic hydroxyl groups is 1. The summed E-state index contributed by atoms with van der Waals surface area (Å²) < 4.78 is 18.2. The highest BCUT2D eigenvalue weighted by molar-refractivity contribution is 5.87. The molecule has 4 nitrogen and oxygen atoms in total. The first-order valence-electron chi connectivity index (χ1n) is 8.26. The molecule has 3 rings (SSSR count). The summed E-state index contributed by atoms with van der Waals surface area (Å²) in [5, 5.41) is 10.1. The average Bonchev–Trinajstić information content (AvgIpc) is 3.13. The van der Waals surface area contributed by atoms with E-state index in [1.807, 2.05) is 30.3 Å². The summed E-state index contributed by atoms with van der Waals surface area (Å²) in [4.78, 5) is 14.1. The van der Waals surface area contributed by atoms with Crippen molar-refractivity contribution in [2.75, 3.05) is 6.73 Å². The van der Waals surface area contributed by atoms with E-state index in [1.54, 1.807) is 23.3 Å². The van der Waals surface area contributed by atoms with Gasteiger partial charge in [-0.3, -0.25) is 9.69 Å². The normalized spacial score (nSPS) is 14.8. The maximum atomic E-state index is 12.9. The van der Waals surface area contributed by atoms with Gasteiger partial charge in [0.05, 0.1) is 11.8 Å². The predicted molar refractivity (Wildman–Crippen MR) is 92.4 cm³/mol. The quantitative estimate of drug-likeness (QED) is 0.868. The van der Waals surface area contributed by atoms with Crippen LogP contribution in [0.2, 0.25) is 0 Å². The average molecular weight is 341 g/mol. The zero-order valence-electron chi connectivity index (χ0n) is 13.8. The molecule has 0 bridgehead atoms. The molecule has 0 unspecified atom stereocenters. The number of hydrogen-bond acceptors (Lipinski definition) is 3. The van der Waals surface area contributed by atoms with E-state index in [1.165, 1.54) is 12.1 Å². The molecular formula is C20H20FNO3. The fraction of sp³-hybridized carbons (Fsp3) is 0.250. The van der Waals surface area contributed by atoms with E-state index < -0.39 is 6.10 Å². The molecule has 0 aromatic heterocycles. The van der Waals surface area contributed by atoms with Crippen molar-refractivity contribution in [3.8, 4) is 0 Å². The molecule has 0 aliphatic carbocycles. The predicted octanol–water partition coefficient (Wildman–Crippen LogP) is 3.84. The highest BCUT2D eigenvalue weighted by Gasteiger charge is 2.24. The van der Waals surface area contributed by atoms with Gasteiger partial charge in [-0.1, -0.05) is 42.5 Å². The van der Waals surface area contributed by atoms with E-state index in [4.69, 9.17) is 4.74 Å². The lowest BCUT2D eigenvalue weighted by Gasteiger charge is -2.18. The molecule has 2 aromatic carbocycles. The Balaban J connectivity index is 1.52. The van der Waals surface area contributed by atoms with Crippen LogP contribution in [0.4, 0.5) is 4.39 Å². The number of aliphatic hydroxyl groups excluding tert-OH is 1. The van der Waals surface area contributed by atoms with Crippen LogP contribution in [0.1, 0.15) is 36.5 Å². The molecule has 0 radical (unpaired) electrons. The molecular weight excluding hydrogens is 321 g/mol. The van der Waals surface area contributed by atoms with Crippen molar-refractivity contribution in [1.82, 2.24) is 4.90 Å². The van der Waals surface area contributed by atoms with Gasteiger partial charge in [0.2, 0.25) is 5.91 Å². The van der Waals surface area contributed by atoms with Crippen LogP contribution in [-0.2, 0) is 9.53 Å². The van der Waals surface area contributed by atoms with Gasteiger partial charge in [-0.15, -0.1) is 0 Å². The monoisotopic (exact) mass is 341 g/mol. The Labute approximate surface area is 146 Å². The number of nitrogens with zero attached hydrogens (tertiary/aromatic N) is 1. The van der Waals surface area contributed by atoms with E-state index in [-0.39, 0.29) is 18.5 Å². The van der Waals surface area contributed by atoms with E-state index in [0.29, 0.717) is 24.8 Å². The molecule has 1 aliphatic rings. The summed E-state index contributed by atoms with van der Waals surface area (Å²) in [6.45, 7) is 0.212. The topological polar surface area (TPSA) is 49.8 Å². The first kappa shape index (κ1) is 17.2. The minimum absolute atomic E-state index is 0.0427. The molecule has 25 heavy (non-hydrogen) atoms. The lowest BCUT2D eigenvalue weighted by Crippen LogP contribution is -2.27. The van der Waals surface area contributed by atoms with E-state index in [0.717, 1.165) is 11.3 Å². The second kappa shape index (κ2) is 7.94. The highest BCUT2D eigenvalue weighted by atomic mass is 19.1. The lowest BCUT2D eigenvalue weighted by molar-refractivity contribution is -0.129. The molecule has 5 heteroatoms. The first-order chi connectivity index (χ1) is 12.1. The van der Waals surface area contributed by atoms with Crippen LogP contribution >= 0.6 is 0 Å². The van der Waals surface area contributed by atoms with Gasteiger partial charge >= 0.3 is 0 Å². The van der Waals surface area contributed by atoms with Crippen LogP contribution in [-0.4, -0.2) is 22.6 Å². The van der Waals surface area contributed by atoms with Crippen LogP contribution in [0, 0.1) is 5.82 Å². The number of carbonyl (C=O) groups excluding carboxylic acids is 1. The molecule has 1 amide bonds. The highest BCUT2D eigenvalue weighted by Crippen LogP contribution is 2.26. The molecule has 2 aromatic rings. The van der Waals surface area contributed by atoms with Crippen LogP contribution in [0.5, 0.6) is 0 Å². The molecule has 1 N–H and O–H groups in total. The van der Waals surface area contributed by atoms with Crippen molar-refractivity contribution in [2.45, 2.75) is 25.4 Å². The number of amides is 1. The summed E-state index contributed by atoms with van der Waals surface area (Å²) >= 11 is 0. The number of carbonyl (C=O) groups is 1. The van der Waals surface area contributed by atoms with Crippen molar-refractivity contribution < 1.29 is 19.0 Å². The largest absolute Gasteiger partial charge is 0.478 e. The van der Waals surface area contributed by atoms with Gasteiger partial charge in [-0.2, -0.15) is 0 Å². The lowest BCUT2D eigenvalue weighted by atomic mass is 10.0. The molecule has 0 spiro atoms. The molecule has 1 atom stereocenters. The summed E-state index contributed by atoms with van der Waals surface area (Å²) in [6.07, 6.45) is 2.19.